The first-order valence-corrected chi connectivity index (χ1v) is 8.92. The van der Waals surface area contributed by atoms with Gasteiger partial charge in [-0.3, -0.25) is 9.48 Å². The third-order valence-corrected chi connectivity index (χ3v) is 4.66. The van der Waals surface area contributed by atoms with Crippen molar-refractivity contribution in [3.8, 4) is 0 Å². The van der Waals surface area contributed by atoms with Crippen LogP contribution < -0.4 is 5.32 Å². The number of carbonyl (C=O) groups excluding carboxylic acids is 1. The van der Waals surface area contributed by atoms with Gasteiger partial charge in [0.1, 0.15) is 6.54 Å². The molecule has 1 fully saturated rings. The highest BCUT2D eigenvalue weighted by atomic mass is 16.2. The van der Waals surface area contributed by atoms with Gasteiger partial charge in [-0.1, -0.05) is 42.5 Å². The van der Waals surface area contributed by atoms with Crippen molar-refractivity contribution in [3.05, 3.63) is 59.9 Å². The second-order valence-corrected chi connectivity index (χ2v) is 6.54. The second kappa shape index (κ2) is 8.62. The van der Waals surface area contributed by atoms with Gasteiger partial charge in [-0.25, -0.2) is 0 Å². The van der Waals surface area contributed by atoms with Crippen LogP contribution in [0.4, 0.5) is 0 Å². The number of benzene rings is 1. The van der Waals surface area contributed by atoms with Gasteiger partial charge >= 0.3 is 0 Å². The van der Waals surface area contributed by atoms with Crippen LogP contribution in [-0.4, -0.2) is 47.3 Å². The summed E-state index contributed by atoms with van der Waals surface area (Å²) in [5, 5.41) is 7.79. The first kappa shape index (κ1) is 17.4. The Morgan fingerprint density at radius 2 is 2.20 bits per heavy atom. The van der Waals surface area contributed by atoms with Crippen molar-refractivity contribution >= 4 is 12.0 Å². The lowest BCUT2D eigenvalue weighted by molar-refractivity contribution is -0.130. The molecule has 5 heteroatoms. The summed E-state index contributed by atoms with van der Waals surface area (Å²) >= 11 is 0. The van der Waals surface area contributed by atoms with E-state index in [4.69, 9.17) is 0 Å². The predicted molar refractivity (Wildman–Crippen MR) is 100 cm³/mol. The molecule has 1 aromatic heterocycles. The minimum absolute atomic E-state index is 0.0754. The van der Waals surface area contributed by atoms with E-state index in [2.05, 4.69) is 10.4 Å². The van der Waals surface area contributed by atoms with E-state index in [1.807, 2.05) is 60.3 Å². The molecule has 0 radical (unpaired) electrons. The molecular weight excluding hydrogens is 312 g/mol. The van der Waals surface area contributed by atoms with Gasteiger partial charge in [0.05, 0.1) is 0 Å². The van der Waals surface area contributed by atoms with Crippen LogP contribution in [0.3, 0.4) is 0 Å². The zero-order valence-electron chi connectivity index (χ0n) is 14.8. The van der Waals surface area contributed by atoms with Gasteiger partial charge in [-0.15, -0.1) is 0 Å². The molecule has 1 atom stereocenters. The van der Waals surface area contributed by atoms with Crippen molar-refractivity contribution < 1.29 is 4.79 Å². The first-order valence-electron chi connectivity index (χ1n) is 8.92. The van der Waals surface area contributed by atoms with Crippen LogP contribution in [0, 0.1) is 0 Å². The fourth-order valence-electron chi connectivity index (χ4n) is 3.19. The van der Waals surface area contributed by atoms with Crippen molar-refractivity contribution in [3.63, 3.8) is 0 Å². The SMILES string of the molecule is CN(CC=Cc1ccccc1)C(=O)Cn1nccc1C1CCCNC1. The van der Waals surface area contributed by atoms with Gasteiger partial charge in [0.2, 0.25) is 5.91 Å². The Morgan fingerprint density at radius 3 is 2.96 bits per heavy atom. The highest BCUT2D eigenvalue weighted by Crippen LogP contribution is 2.22. The molecule has 25 heavy (non-hydrogen) atoms. The van der Waals surface area contributed by atoms with Gasteiger partial charge in [-0.2, -0.15) is 5.10 Å². The van der Waals surface area contributed by atoms with Crippen LogP contribution >= 0.6 is 0 Å². The predicted octanol–water partition coefficient (Wildman–Crippen LogP) is 2.52. The van der Waals surface area contributed by atoms with E-state index >= 15 is 0 Å². The van der Waals surface area contributed by atoms with E-state index in [1.54, 1.807) is 11.1 Å². The summed E-state index contributed by atoms with van der Waals surface area (Å²) in [7, 11) is 1.84. The molecule has 1 saturated heterocycles. The Bertz CT molecular complexity index is 701. The molecule has 0 bridgehead atoms. The summed E-state index contributed by atoms with van der Waals surface area (Å²) in [4.78, 5) is 14.2. The number of rotatable bonds is 6. The smallest absolute Gasteiger partial charge is 0.244 e. The summed E-state index contributed by atoms with van der Waals surface area (Å²) in [6.07, 6.45) is 8.18. The van der Waals surface area contributed by atoms with Crippen molar-refractivity contribution in [2.75, 3.05) is 26.7 Å². The summed E-state index contributed by atoms with van der Waals surface area (Å²) < 4.78 is 1.86. The van der Waals surface area contributed by atoms with E-state index in [-0.39, 0.29) is 5.91 Å². The quantitative estimate of drug-likeness (QED) is 0.880. The zero-order valence-corrected chi connectivity index (χ0v) is 14.8. The minimum Gasteiger partial charge on any atom is -0.340 e. The van der Waals surface area contributed by atoms with Crippen molar-refractivity contribution in [1.82, 2.24) is 20.0 Å². The summed E-state index contributed by atoms with van der Waals surface area (Å²) in [6.45, 7) is 2.94. The third kappa shape index (κ3) is 4.79. The van der Waals surface area contributed by atoms with E-state index < -0.39 is 0 Å². The number of likely N-dealkylation sites (N-methyl/N-ethyl adjacent to an activating group) is 1. The van der Waals surface area contributed by atoms with E-state index in [9.17, 15) is 4.79 Å². The number of amides is 1. The lowest BCUT2D eigenvalue weighted by Crippen LogP contribution is -2.33. The molecule has 0 aliphatic carbocycles. The average molecular weight is 338 g/mol. The molecular formula is C20H26N4O. The molecule has 1 aliphatic rings. The number of hydrogen-bond acceptors (Lipinski definition) is 3. The van der Waals surface area contributed by atoms with Gasteiger partial charge in [0.25, 0.3) is 0 Å². The molecule has 1 amide bonds. The molecule has 0 spiro atoms. The lowest BCUT2D eigenvalue weighted by atomic mass is 9.96. The van der Waals surface area contributed by atoms with Crippen LogP contribution in [0.5, 0.6) is 0 Å². The molecule has 2 aromatic rings. The number of hydrogen-bond donors (Lipinski definition) is 1. The average Bonchev–Trinajstić information content (AvgIpc) is 3.11. The molecule has 1 aromatic carbocycles. The summed E-state index contributed by atoms with van der Waals surface area (Å²) in [5.74, 6) is 0.527. The molecule has 5 nitrogen and oxygen atoms in total. The van der Waals surface area contributed by atoms with Crippen LogP contribution in [0.25, 0.3) is 6.08 Å². The molecule has 2 heterocycles. The molecule has 0 saturated carbocycles. The maximum atomic E-state index is 12.5. The van der Waals surface area contributed by atoms with Crippen LogP contribution in [0.2, 0.25) is 0 Å². The Kier molecular flexibility index (Phi) is 6.01. The highest BCUT2D eigenvalue weighted by Gasteiger charge is 2.20. The third-order valence-electron chi connectivity index (χ3n) is 4.66. The Morgan fingerprint density at radius 1 is 1.36 bits per heavy atom. The summed E-state index contributed by atoms with van der Waals surface area (Å²) in [5.41, 5.74) is 2.30. The Labute approximate surface area is 149 Å². The van der Waals surface area contributed by atoms with Gasteiger partial charge in [-0.05, 0) is 31.0 Å². The van der Waals surface area contributed by atoms with Gasteiger partial charge in [0.15, 0.2) is 0 Å². The highest BCUT2D eigenvalue weighted by molar-refractivity contribution is 5.76. The van der Waals surface area contributed by atoms with Crippen LogP contribution in [-0.2, 0) is 11.3 Å². The van der Waals surface area contributed by atoms with Crippen molar-refractivity contribution in [2.45, 2.75) is 25.3 Å². The molecule has 132 valence electrons. The zero-order chi connectivity index (χ0) is 17.5. The van der Waals surface area contributed by atoms with E-state index in [0.717, 1.165) is 30.8 Å². The van der Waals surface area contributed by atoms with Crippen LogP contribution in [0.1, 0.15) is 30.0 Å². The lowest BCUT2D eigenvalue weighted by Gasteiger charge is -2.24. The molecule has 1 N–H and O–H groups in total. The van der Waals surface area contributed by atoms with E-state index in [1.165, 1.54) is 6.42 Å². The second-order valence-electron chi connectivity index (χ2n) is 6.54. The topological polar surface area (TPSA) is 50.2 Å². The van der Waals surface area contributed by atoms with Crippen molar-refractivity contribution in [2.24, 2.45) is 0 Å². The Balaban J connectivity index is 1.55. The van der Waals surface area contributed by atoms with Crippen LogP contribution in [0.15, 0.2) is 48.7 Å². The maximum Gasteiger partial charge on any atom is 0.244 e. The van der Waals surface area contributed by atoms with Gasteiger partial charge in [0, 0.05) is 37.9 Å². The van der Waals surface area contributed by atoms with Crippen molar-refractivity contribution in [1.29, 1.82) is 0 Å². The Hall–Kier alpha value is -2.40. The first-order chi connectivity index (χ1) is 12.2. The molecule has 1 unspecified atom stereocenters. The fourth-order valence-corrected chi connectivity index (χ4v) is 3.19. The summed E-state index contributed by atoms with van der Waals surface area (Å²) in [6, 6.07) is 12.2. The number of aromatic nitrogens is 2. The number of piperidine rings is 1. The normalized spacial score (nSPS) is 17.7. The number of nitrogens with one attached hydrogen (secondary N) is 1. The van der Waals surface area contributed by atoms with Gasteiger partial charge < -0.3 is 10.2 Å². The molecule has 1 aliphatic heterocycles. The maximum absolute atomic E-state index is 12.5. The minimum atomic E-state index is 0.0754. The van der Waals surface area contributed by atoms with E-state index in [0.29, 0.717) is 19.0 Å². The number of carbonyl (C=O) groups is 1. The number of nitrogens with zero attached hydrogens (tertiary/aromatic N) is 3. The monoisotopic (exact) mass is 338 g/mol. The fraction of sp³-hybridized carbons (Fsp3) is 0.400. The largest absolute Gasteiger partial charge is 0.340 e. The standard InChI is InChI=1S/C20H26N4O/c1-23(14-6-9-17-7-3-2-4-8-17)20(25)16-24-19(11-13-22-24)18-10-5-12-21-15-18/h2-4,6-9,11,13,18,21H,5,10,12,14-16H2,1H3. The molecule has 3 rings (SSSR count).